The van der Waals surface area contributed by atoms with Crippen molar-refractivity contribution in [1.29, 1.82) is 0 Å². The van der Waals surface area contributed by atoms with E-state index in [1.165, 1.54) is 83.5 Å². The van der Waals surface area contributed by atoms with Crippen LogP contribution in [0.3, 0.4) is 0 Å². The molecule has 0 aromatic carbocycles. The maximum Gasteiger partial charge on any atom is 0.364 e. The maximum atomic E-state index is 13.3. The summed E-state index contributed by atoms with van der Waals surface area (Å²) in [5, 5.41) is 135. The number of nitrogens with one attached hydrogen (secondary N) is 2. The standard InChI is InChI=1S/C59H106N2O21/c1-4-6-8-10-12-14-16-17-18-19-20-21-22-23-24-26-28-30-32-41(66)40(61-46(69)33-31-29-27-25-15-13-11-9-7-5-2)38-77-56-51(73)50(72)53(45(37-64)79-56)80-57-52(74)55(49(71)44(36-63)78-57)82-59(58(75)76)34-42(67)47(60-39(3)65)54(81-59)48(70)43(68)35-62/h11,13,30,32,40-45,47-57,62-64,66-68,70-74H,4-10,12,14-29,31,33-38H2,1-3H3,(H,60,65)(H,61,69)(H,75,76)/b13-11-,32-30+. The van der Waals surface area contributed by atoms with Gasteiger partial charge >= 0.3 is 5.97 Å². The minimum Gasteiger partial charge on any atom is -0.477 e. The van der Waals surface area contributed by atoms with Crippen molar-refractivity contribution in [3.63, 3.8) is 0 Å². The molecule has 23 heteroatoms. The molecule has 478 valence electrons. The first-order valence-corrected chi connectivity index (χ1v) is 30.7. The van der Waals surface area contributed by atoms with Crippen molar-refractivity contribution in [3.8, 4) is 0 Å². The molecule has 3 aliphatic rings. The van der Waals surface area contributed by atoms with Gasteiger partial charge < -0.3 is 100 Å². The quantitative estimate of drug-likeness (QED) is 0.0308. The number of amides is 2. The first kappa shape index (κ1) is 73.5. The normalized spacial score (nSPS) is 30.3. The van der Waals surface area contributed by atoms with Crippen molar-refractivity contribution in [2.24, 2.45) is 0 Å². The van der Waals surface area contributed by atoms with E-state index >= 15 is 0 Å². The Kier molecular flexibility index (Phi) is 37.0. The SMILES string of the molecule is CCCC/C=C\CCCCCCC(=O)NC(COC1OC(CO)C(OC2OC(CO)C(O)C(OC3(C(=O)O)CC(O)C(NC(C)=O)C(C(O)C(O)CO)O3)C2O)C(O)C1O)C(O)/C=C/CCCCCCCCCCCCCCCCCC. The molecular formula is C59H106N2O21. The molecule has 3 fully saturated rings. The van der Waals surface area contributed by atoms with Crippen LogP contribution in [0.2, 0.25) is 0 Å². The minimum atomic E-state index is -3.08. The number of carboxylic acids is 1. The average molecular weight is 1180 g/mol. The van der Waals surface area contributed by atoms with Crippen LogP contribution in [0.5, 0.6) is 0 Å². The van der Waals surface area contributed by atoms with Crippen LogP contribution in [0.4, 0.5) is 0 Å². The van der Waals surface area contributed by atoms with Gasteiger partial charge in [-0.25, -0.2) is 4.79 Å². The van der Waals surface area contributed by atoms with E-state index < -0.39 is 155 Å². The van der Waals surface area contributed by atoms with Gasteiger partial charge in [0.2, 0.25) is 11.8 Å². The lowest BCUT2D eigenvalue weighted by Crippen LogP contribution is -2.70. The fraction of sp³-hybridized carbons (Fsp3) is 0.881. The molecule has 3 rings (SSSR count). The molecule has 0 aromatic rings. The highest BCUT2D eigenvalue weighted by Crippen LogP contribution is 2.38. The molecule has 0 bridgehead atoms. The Morgan fingerprint density at radius 1 is 0.634 bits per heavy atom. The molecule has 0 aromatic heterocycles. The van der Waals surface area contributed by atoms with Gasteiger partial charge in [-0.2, -0.15) is 0 Å². The third-order valence-corrected chi connectivity index (χ3v) is 15.6. The molecule has 23 nitrogen and oxygen atoms in total. The lowest BCUT2D eigenvalue weighted by Gasteiger charge is -2.50. The van der Waals surface area contributed by atoms with Crippen molar-refractivity contribution in [2.45, 2.75) is 304 Å². The number of unbranched alkanes of at least 4 members (excludes halogenated alkanes) is 22. The summed E-state index contributed by atoms with van der Waals surface area (Å²) in [7, 11) is 0. The van der Waals surface area contributed by atoms with Gasteiger partial charge in [0.05, 0.1) is 50.7 Å². The highest BCUT2D eigenvalue weighted by atomic mass is 16.8. The van der Waals surface area contributed by atoms with Gasteiger partial charge in [0, 0.05) is 19.8 Å². The number of carbonyl (C=O) groups is 3. The smallest absolute Gasteiger partial charge is 0.364 e. The van der Waals surface area contributed by atoms with Crippen LogP contribution in [0.25, 0.3) is 0 Å². The van der Waals surface area contributed by atoms with Crippen LogP contribution in [0, 0.1) is 0 Å². The molecule has 14 N–H and O–H groups in total. The van der Waals surface area contributed by atoms with E-state index in [2.05, 4.69) is 36.6 Å². The number of ether oxygens (including phenoxy) is 6. The molecule has 3 aliphatic heterocycles. The van der Waals surface area contributed by atoms with Crippen LogP contribution >= 0.6 is 0 Å². The second kappa shape index (κ2) is 41.3. The first-order chi connectivity index (χ1) is 39.4. The number of hydrogen-bond acceptors (Lipinski definition) is 20. The van der Waals surface area contributed by atoms with Crippen LogP contribution in [0.1, 0.15) is 194 Å². The van der Waals surface area contributed by atoms with Crippen molar-refractivity contribution >= 4 is 17.8 Å². The van der Waals surface area contributed by atoms with Gasteiger partial charge in [-0.3, -0.25) is 9.59 Å². The molecule has 0 aliphatic carbocycles. The Hall–Kier alpha value is -2.79. The Morgan fingerprint density at radius 2 is 1.16 bits per heavy atom. The summed E-state index contributed by atoms with van der Waals surface area (Å²) in [4.78, 5) is 38.3. The third-order valence-electron chi connectivity index (χ3n) is 15.6. The number of carbonyl (C=O) groups excluding carboxylic acids is 2. The van der Waals surface area contributed by atoms with Crippen molar-refractivity contribution in [2.75, 3.05) is 26.4 Å². The highest BCUT2D eigenvalue weighted by Gasteiger charge is 2.60. The largest absolute Gasteiger partial charge is 0.477 e. The van der Waals surface area contributed by atoms with E-state index in [4.69, 9.17) is 28.4 Å². The molecule has 0 radical (unpaired) electrons. The number of aliphatic hydroxyl groups is 11. The van der Waals surface area contributed by atoms with Crippen molar-refractivity contribution in [1.82, 2.24) is 10.6 Å². The van der Waals surface area contributed by atoms with Crippen LogP contribution in [-0.2, 0) is 42.8 Å². The van der Waals surface area contributed by atoms with Gasteiger partial charge in [0.25, 0.3) is 5.79 Å². The van der Waals surface area contributed by atoms with Crippen LogP contribution < -0.4 is 10.6 Å². The van der Waals surface area contributed by atoms with Crippen LogP contribution in [-0.4, -0.2) is 215 Å². The molecule has 18 atom stereocenters. The molecule has 3 saturated heterocycles. The summed E-state index contributed by atoms with van der Waals surface area (Å²) in [6, 6.07) is -2.62. The van der Waals surface area contributed by atoms with E-state index in [1.807, 2.05) is 6.08 Å². The number of aliphatic carboxylic acids is 1. The lowest BCUT2D eigenvalue weighted by molar-refractivity contribution is -0.386. The van der Waals surface area contributed by atoms with E-state index in [1.54, 1.807) is 6.08 Å². The van der Waals surface area contributed by atoms with E-state index in [0.29, 0.717) is 12.8 Å². The number of carboxylic acid groups (broad SMARTS) is 1. The topological polar surface area (TPSA) is 373 Å². The van der Waals surface area contributed by atoms with Gasteiger partial charge in [0.1, 0.15) is 67.1 Å². The average Bonchev–Trinajstić information content (AvgIpc) is 2.56. The van der Waals surface area contributed by atoms with E-state index in [9.17, 15) is 75.7 Å². The van der Waals surface area contributed by atoms with Gasteiger partial charge in [0.15, 0.2) is 12.6 Å². The third kappa shape index (κ3) is 25.3. The predicted octanol–water partition coefficient (Wildman–Crippen LogP) is 2.94. The zero-order valence-corrected chi connectivity index (χ0v) is 49.1. The zero-order valence-electron chi connectivity index (χ0n) is 49.1. The summed E-state index contributed by atoms with van der Waals surface area (Å²) < 4.78 is 34.6. The molecule has 0 spiro atoms. The predicted molar refractivity (Wildman–Crippen MR) is 301 cm³/mol. The second-order valence-corrected chi connectivity index (χ2v) is 22.6. The number of rotatable bonds is 44. The Balaban J connectivity index is 1.66. The van der Waals surface area contributed by atoms with Crippen molar-refractivity contribution < 1.29 is 104 Å². The monoisotopic (exact) mass is 1180 g/mol. The number of hydrogen-bond donors (Lipinski definition) is 14. The second-order valence-electron chi connectivity index (χ2n) is 22.6. The van der Waals surface area contributed by atoms with E-state index in [0.717, 1.165) is 71.1 Å². The van der Waals surface area contributed by atoms with Crippen molar-refractivity contribution in [3.05, 3.63) is 24.3 Å². The highest BCUT2D eigenvalue weighted by molar-refractivity contribution is 5.77. The minimum absolute atomic E-state index is 0.185. The van der Waals surface area contributed by atoms with Gasteiger partial charge in [-0.05, 0) is 38.5 Å². The molecule has 3 heterocycles. The van der Waals surface area contributed by atoms with Gasteiger partial charge in [-0.15, -0.1) is 0 Å². The first-order valence-electron chi connectivity index (χ1n) is 30.7. The lowest BCUT2D eigenvalue weighted by atomic mass is 9.88. The summed E-state index contributed by atoms with van der Waals surface area (Å²) in [5.41, 5.74) is 0. The Labute approximate surface area is 485 Å². The molecule has 82 heavy (non-hydrogen) atoms. The summed E-state index contributed by atoms with van der Waals surface area (Å²) >= 11 is 0. The molecule has 18 unspecified atom stereocenters. The van der Waals surface area contributed by atoms with Gasteiger partial charge in [-0.1, -0.05) is 160 Å². The Bertz CT molecular complexity index is 1780. The number of aliphatic hydroxyl groups excluding tert-OH is 11. The summed E-state index contributed by atoms with van der Waals surface area (Å²) in [6.45, 7) is 2.04. The molecule has 0 saturated carbocycles. The summed E-state index contributed by atoms with van der Waals surface area (Å²) in [5.74, 6) is -6.16. The molecular weight excluding hydrogens is 1070 g/mol. The fourth-order valence-electron chi connectivity index (χ4n) is 10.6. The molecule has 2 amide bonds. The Morgan fingerprint density at radius 3 is 1.70 bits per heavy atom. The van der Waals surface area contributed by atoms with E-state index in [-0.39, 0.29) is 12.3 Å². The fourth-order valence-corrected chi connectivity index (χ4v) is 10.6. The number of allylic oxidation sites excluding steroid dienone is 3. The summed E-state index contributed by atoms with van der Waals surface area (Å²) in [6.07, 6.45) is 6.89. The van der Waals surface area contributed by atoms with Crippen LogP contribution in [0.15, 0.2) is 24.3 Å². The zero-order chi connectivity index (χ0) is 60.5. The maximum absolute atomic E-state index is 13.3.